The largest absolute Gasteiger partial charge is 0.270 e. The Morgan fingerprint density at radius 3 is 1.76 bits per heavy atom. The number of hydrogen-bond donors (Lipinski definition) is 0. The predicted molar refractivity (Wildman–Crippen MR) is 72.6 cm³/mol. The highest BCUT2D eigenvalue weighted by atomic mass is 32.2. The average molecular weight is 264 g/mol. The van der Waals surface area contributed by atoms with Crippen LogP contribution in [0, 0.1) is 0 Å². The van der Waals surface area contributed by atoms with Crippen LogP contribution in [-0.4, -0.2) is 20.3 Å². The van der Waals surface area contributed by atoms with Gasteiger partial charge in [0.2, 0.25) is 0 Å². The van der Waals surface area contributed by atoms with Gasteiger partial charge < -0.3 is 0 Å². The first kappa shape index (κ1) is 16.9. The fourth-order valence-electron chi connectivity index (χ4n) is 1.71. The van der Waals surface area contributed by atoms with Crippen LogP contribution in [0.4, 0.5) is 0 Å². The molecule has 104 valence electrons. The van der Waals surface area contributed by atoms with Gasteiger partial charge in [0.15, 0.2) is 0 Å². The molecule has 0 saturated carbocycles. The summed E-state index contributed by atoms with van der Waals surface area (Å²) >= 11 is 0. The smallest absolute Gasteiger partial charge is 0.270 e. The van der Waals surface area contributed by atoms with E-state index in [1.807, 2.05) is 6.92 Å². The van der Waals surface area contributed by atoms with E-state index in [9.17, 15) is 8.42 Å². The first-order chi connectivity index (χ1) is 8.08. The second-order valence-corrected chi connectivity index (χ2v) is 6.46. The quantitative estimate of drug-likeness (QED) is 0.420. The van der Waals surface area contributed by atoms with Gasteiger partial charge in [0.25, 0.3) is 10.1 Å². The highest BCUT2D eigenvalue weighted by Crippen LogP contribution is 2.19. The van der Waals surface area contributed by atoms with Crippen molar-refractivity contribution >= 4 is 10.1 Å². The zero-order chi connectivity index (χ0) is 13.1. The molecule has 0 spiro atoms. The molecule has 3 nitrogen and oxygen atoms in total. The summed E-state index contributed by atoms with van der Waals surface area (Å²) < 4.78 is 29.1. The highest BCUT2D eigenvalue weighted by molar-refractivity contribution is 7.87. The molecule has 0 atom stereocenters. The van der Waals surface area contributed by atoms with Crippen molar-refractivity contribution in [3.63, 3.8) is 0 Å². The Balaban J connectivity index is 4.30. The van der Waals surface area contributed by atoms with Crippen molar-refractivity contribution in [3.8, 4) is 0 Å². The first-order valence-corrected chi connectivity index (χ1v) is 8.43. The molecule has 0 aromatic rings. The minimum absolute atomic E-state index is 0.292. The second-order valence-electron chi connectivity index (χ2n) is 4.57. The van der Waals surface area contributed by atoms with Crippen molar-refractivity contribution in [2.24, 2.45) is 0 Å². The van der Waals surface area contributed by atoms with Gasteiger partial charge >= 0.3 is 0 Å². The van der Waals surface area contributed by atoms with Crippen molar-refractivity contribution < 1.29 is 12.6 Å². The van der Waals surface area contributed by atoms with Gasteiger partial charge in [-0.3, -0.25) is 4.18 Å². The molecule has 0 aliphatic carbocycles. The summed E-state index contributed by atoms with van der Waals surface area (Å²) in [6.45, 7) is 6.54. The summed E-state index contributed by atoms with van der Waals surface area (Å²) in [7, 11) is -3.34. The van der Waals surface area contributed by atoms with E-state index < -0.39 is 10.1 Å². The van der Waals surface area contributed by atoms with E-state index in [2.05, 4.69) is 13.8 Å². The normalized spacial score (nSPS) is 12.2. The average Bonchev–Trinajstić information content (AvgIpc) is 2.29. The van der Waals surface area contributed by atoms with Gasteiger partial charge in [-0.05, 0) is 19.3 Å². The third-order valence-electron chi connectivity index (χ3n) is 2.91. The molecule has 0 unspecified atom stereocenters. The Hall–Kier alpha value is -0.0900. The van der Waals surface area contributed by atoms with E-state index in [1.165, 1.54) is 0 Å². The standard InChI is InChI=1S/C13H28O3S/c1-4-7-10-13(11-8-5-2)17(14,15)16-12-9-6-3/h13H,4-12H2,1-3H3. The van der Waals surface area contributed by atoms with Crippen molar-refractivity contribution in [2.45, 2.75) is 77.4 Å². The van der Waals surface area contributed by atoms with Crippen molar-refractivity contribution in [3.05, 3.63) is 0 Å². The lowest BCUT2D eigenvalue weighted by molar-refractivity contribution is 0.301. The molecule has 0 rings (SSSR count). The molecule has 4 heteroatoms. The monoisotopic (exact) mass is 264 g/mol. The van der Waals surface area contributed by atoms with Crippen LogP contribution in [0.15, 0.2) is 0 Å². The van der Waals surface area contributed by atoms with Crippen molar-refractivity contribution in [1.82, 2.24) is 0 Å². The molecule has 0 saturated heterocycles. The van der Waals surface area contributed by atoms with E-state index in [1.54, 1.807) is 0 Å². The molecular formula is C13H28O3S. The molecule has 0 aliphatic heterocycles. The summed E-state index contributed by atoms with van der Waals surface area (Å²) in [6.07, 6.45) is 7.25. The molecule has 0 heterocycles. The van der Waals surface area contributed by atoms with Gasteiger partial charge in [-0.25, -0.2) is 0 Å². The SMILES string of the molecule is CCCCOS(=O)(=O)C(CCCC)CCCC. The zero-order valence-electron chi connectivity index (χ0n) is 11.6. The van der Waals surface area contributed by atoms with E-state index in [-0.39, 0.29) is 5.25 Å². The molecule has 17 heavy (non-hydrogen) atoms. The lowest BCUT2D eigenvalue weighted by Crippen LogP contribution is -2.24. The van der Waals surface area contributed by atoms with Gasteiger partial charge in [-0.15, -0.1) is 0 Å². The van der Waals surface area contributed by atoms with Crippen LogP contribution in [0.2, 0.25) is 0 Å². The summed E-state index contributed by atoms with van der Waals surface area (Å²) in [4.78, 5) is 0. The summed E-state index contributed by atoms with van der Waals surface area (Å²) in [5.74, 6) is 0. The second kappa shape index (κ2) is 9.89. The maximum atomic E-state index is 12.0. The van der Waals surface area contributed by atoms with Crippen LogP contribution in [0.5, 0.6) is 0 Å². The van der Waals surface area contributed by atoms with E-state index in [0.29, 0.717) is 6.61 Å². The highest BCUT2D eigenvalue weighted by Gasteiger charge is 2.24. The van der Waals surface area contributed by atoms with Gasteiger partial charge in [0, 0.05) is 0 Å². The molecule has 0 aromatic heterocycles. The Morgan fingerprint density at radius 1 is 0.882 bits per heavy atom. The number of rotatable bonds is 11. The fourth-order valence-corrected chi connectivity index (χ4v) is 3.17. The van der Waals surface area contributed by atoms with Gasteiger partial charge in [-0.1, -0.05) is 52.9 Å². The Bertz CT molecular complexity index is 252. The fraction of sp³-hybridized carbons (Fsp3) is 1.00. The predicted octanol–water partition coefficient (Wildman–Crippen LogP) is 3.88. The van der Waals surface area contributed by atoms with Crippen LogP contribution in [-0.2, 0) is 14.3 Å². The minimum Gasteiger partial charge on any atom is -0.270 e. The van der Waals surface area contributed by atoms with Crippen LogP contribution in [0.25, 0.3) is 0 Å². The van der Waals surface area contributed by atoms with Crippen molar-refractivity contribution in [2.75, 3.05) is 6.61 Å². The summed E-state index contributed by atoms with van der Waals surface area (Å²) in [5, 5.41) is -0.292. The summed E-state index contributed by atoms with van der Waals surface area (Å²) in [6, 6.07) is 0. The van der Waals surface area contributed by atoms with Crippen LogP contribution < -0.4 is 0 Å². The molecule has 0 fully saturated rings. The molecular weight excluding hydrogens is 236 g/mol. The number of unbranched alkanes of at least 4 members (excludes halogenated alkanes) is 3. The van der Waals surface area contributed by atoms with Crippen LogP contribution in [0.3, 0.4) is 0 Å². The lowest BCUT2D eigenvalue weighted by atomic mass is 10.1. The third-order valence-corrected chi connectivity index (χ3v) is 4.70. The first-order valence-electron chi connectivity index (χ1n) is 6.96. The molecule has 0 amide bonds. The maximum absolute atomic E-state index is 12.0. The third kappa shape index (κ3) is 7.77. The maximum Gasteiger partial charge on any atom is 0.270 e. The molecule has 0 bridgehead atoms. The Labute approximate surface area is 107 Å². The zero-order valence-corrected chi connectivity index (χ0v) is 12.4. The lowest BCUT2D eigenvalue weighted by Gasteiger charge is -2.16. The Kier molecular flexibility index (Phi) is 9.84. The van der Waals surface area contributed by atoms with Crippen LogP contribution in [0.1, 0.15) is 72.1 Å². The van der Waals surface area contributed by atoms with Gasteiger partial charge in [-0.2, -0.15) is 8.42 Å². The Morgan fingerprint density at radius 2 is 1.35 bits per heavy atom. The molecule has 0 aromatic carbocycles. The van der Waals surface area contributed by atoms with Gasteiger partial charge in [0.05, 0.1) is 11.9 Å². The van der Waals surface area contributed by atoms with E-state index >= 15 is 0 Å². The minimum atomic E-state index is -3.34. The molecule has 0 radical (unpaired) electrons. The molecule has 0 aliphatic rings. The summed E-state index contributed by atoms with van der Waals surface area (Å²) in [5.41, 5.74) is 0. The topological polar surface area (TPSA) is 43.4 Å². The number of hydrogen-bond acceptors (Lipinski definition) is 3. The van der Waals surface area contributed by atoms with Gasteiger partial charge in [0.1, 0.15) is 0 Å². The van der Waals surface area contributed by atoms with E-state index in [4.69, 9.17) is 4.18 Å². The van der Waals surface area contributed by atoms with Crippen LogP contribution >= 0.6 is 0 Å². The molecule has 0 N–H and O–H groups in total. The van der Waals surface area contributed by atoms with Crippen molar-refractivity contribution in [1.29, 1.82) is 0 Å². The van der Waals surface area contributed by atoms with E-state index in [0.717, 1.165) is 51.4 Å².